The van der Waals surface area contributed by atoms with Gasteiger partial charge in [-0.2, -0.15) is 5.10 Å². The molecule has 218 valence electrons. The number of ether oxygens (including phenoxy) is 1. The second kappa shape index (κ2) is 10.7. The van der Waals surface area contributed by atoms with Gasteiger partial charge in [0.05, 0.1) is 23.1 Å². The first-order chi connectivity index (χ1) is 20.7. The van der Waals surface area contributed by atoms with E-state index in [1.807, 2.05) is 48.9 Å². The molecule has 4 heterocycles. The zero-order valence-corrected chi connectivity index (χ0v) is 26.0. The molecule has 1 aliphatic rings. The highest BCUT2D eigenvalue weighted by Crippen LogP contribution is 2.48. The number of hydrogen-bond acceptors (Lipinski definition) is 7. The predicted octanol–water partition coefficient (Wildman–Crippen LogP) is 6.50. The Morgan fingerprint density at radius 1 is 1.14 bits per heavy atom. The summed E-state index contributed by atoms with van der Waals surface area (Å²) in [5.41, 5.74) is 9.86. The largest absolute Gasteiger partial charge is 0.488 e. The van der Waals surface area contributed by atoms with Gasteiger partial charge < -0.3 is 10.5 Å². The number of anilines is 1. The molecule has 0 radical (unpaired) electrons. The minimum atomic E-state index is -0.504. The Balaban J connectivity index is 1.49. The summed E-state index contributed by atoms with van der Waals surface area (Å²) in [4.78, 5) is 23.7. The lowest BCUT2D eigenvalue weighted by atomic mass is 9.94. The average molecular weight is 633 g/mol. The fourth-order valence-electron chi connectivity index (χ4n) is 5.66. The molecule has 8 nitrogen and oxygen atoms in total. The number of pyridine rings is 1. The van der Waals surface area contributed by atoms with Crippen LogP contribution in [0.15, 0.2) is 65.0 Å². The molecule has 0 aliphatic heterocycles. The van der Waals surface area contributed by atoms with Crippen LogP contribution < -0.4 is 21.3 Å². The van der Waals surface area contributed by atoms with E-state index in [-0.39, 0.29) is 35.2 Å². The predicted molar refractivity (Wildman–Crippen MR) is 173 cm³/mol. The van der Waals surface area contributed by atoms with Crippen molar-refractivity contribution in [3.05, 3.63) is 87.1 Å². The summed E-state index contributed by atoms with van der Waals surface area (Å²) in [6.07, 6.45) is 3.13. The summed E-state index contributed by atoms with van der Waals surface area (Å²) in [5, 5.41) is 8.65. The van der Waals surface area contributed by atoms with Gasteiger partial charge in [-0.05, 0) is 79.4 Å². The standard InChI is InChI=1S/C31H27ClFN6O2PS/c1-15(2)41-22-9-8-18(11-21(22)33)27-26-29(34)35-14-36-30(26)39(37-27)28(16-6-7-16)20-12-24-38(23(32)13-43-24)31(40)25(20)17-4-3-5-19(42)10-17/h3-5,8-16,28H,6-7,42H2,1-2H3,(H2,34,35,36)/t28-/m0/s1. The molecule has 1 fully saturated rings. The Morgan fingerprint density at radius 3 is 2.67 bits per heavy atom. The Hall–Kier alpha value is -3.85. The quantitative estimate of drug-likeness (QED) is 0.202. The highest BCUT2D eigenvalue weighted by atomic mass is 35.5. The van der Waals surface area contributed by atoms with Crippen LogP contribution in [0.4, 0.5) is 10.2 Å². The number of aromatic nitrogens is 5. The van der Waals surface area contributed by atoms with Gasteiger partial charge >= 0.3 is 0 Å². The van der Waals surface area contributed by atoms with Gasteiger partial charge in [0.2, 0.25) is 0 Å². The molecule has 1 unspecified atom stereocenters. The first-order valence-corrected chi connectivity index (χ1v) is 15.7. The van der Waals surface area contributed by atoms with Crippen LogP contribution in [-0.2, 0) is 0 Å². The SMILES string of the molecule is CC(C)Oc1ccc(-c2nn([C@H](c3cc4scc(Cl)n4c(=O)c3-c3cccc(P)c3)C3CC3)c3ncnc(N)c23)cc1F. The Labute approximate surface area is 257 Å². The number of rotatable bonds is 7. The fraction of sp³-hybridized carbons (Fsp3) is 0.226. The molecule has 2 atom stereocenters. The van der Waals surface area contributed by atoms with E-state index < -0.39 is 5.82 Å². The molecule has 1 saturated carbocycles. The summed E-state index contributed by atoms with van der Waals surface area (Å²) in [5.74, 6) is 0.0868. The third-order valence-electron chi connectivity index (χ3n) is 7.61. The normalized spacial score (nSPS) is 14.2. The smallest absolute Gasteiger partial charge is 0.265 e. The number of benzene rings is 2. The number of nitrogens with zero attached hydrogens (tertiary/aromatic N) is 5. The molecule has 2 aromatic carbocycles. The van der Waals surface area contributed by atoms with E-state index in [0.717, 1.165) is 34.1 Å². The van der Waals surface area contributed by atoms with Crippen molar-refractivity contribution in [1.82, 2.24) is 24.1 Å². The molecule has 4 aromatic heterocycles. The molecule has 6 aromatic rings. The van der Waals surface area contributed by atoms with E-state index in [2.05, 4.69) is 19.2 Å². The molecule has 2 N–H and O–H groups in total. The van der Waals surface area contributed by atoms with Crippen LogP contribution in [0.1, 0.15) is 38.3 Å². The molecule has 12 heteroatoms. The van der Waals surface area contributed by atoms with Crippen LogP contribution in [0, 0.1) is 11.7 Å². The first kappa shape index (κ1) is 28.0. The maximum Gasteiger partial charge on any atom is 0.265 e. The van der Waals surface area contributed by atoms with Gasteiger partial charge in [0.25, 0.3) is 5.56 Å². The Bertz CT molecular complexity index is 2100. The summed E-state index contributed by atoms with van der Waals surface area (Å²) in [7, 11) is 2.69. The maximum atomic E-state index is 15.2. The summed E-state index contributed by atoms with van der Waals surface area (Å²) in [6, 6.07) is 14.2. The minimum absolute atomic E-state index is 0.159. The fourth-order valence-corrected chi connectivity index (χ4v) is 7.11. The van der Waals surface area contributed by atoms with Crippen molar-refractivity contribution in [1.29, 1.82) is 0 Å². The number of halogens is 2. The maximum absolute atomic E-state index is 15.2. The monoisotopic (exact) mass is 632 g/mol. The van der Waals surface area contributed by atoms with Gasteiger partial charge in [-0.25, -0.2) is 19.0 Å². The van der Waals surface area contributed by atoms with Crippen LogP contribution in [0.5, 0.6) is 5.75 Å². The first-order valence-electron chi connectivity index (χ1n) is 13.8. The van der Waals surface area contributed by atoms with E-state index in [0.29, 0.717) is 33.0 Å². The Morgan fingerprint density at radius 2 is 1.95 bits per heavy atom. The zero-order chi connectivity index (χ0) is 30.0. The van der Waals surface area contributed by atoms with Crippen molar-refractivity contribution < 1.29 is 9.13 Å². The number of hydrogen-bond donors (Lipinski definition) is 1. The van der Waals surface area contributed by atoms with E-state index in [9.17, 15) is 4.79 Å². The molecule has 0 amide bonds. The molecule has 7 rings (SSSR count). The minimum Gasteiger partial charge on any atom is -0.488 e. The molecular weight excluding hydrogens is 606 g/mol. The lowest BCUT2D eigenvalue weighted by Gasteiger charge is -2.22. The molecule has 0 saturated heterocycles. The third-order valence-corrected chi connectivity index (χ3v) is 9.26. The van der Waals surface area contributed by atoms with Crippen LogP contribution >= 0.6 is 32.2 Å². The number of nitrogens with two attached hydrogens (primary N) is 1. The highest BCUT2D eigenvalue weighted by Gasteiger charge is 2.39. The molecule has 0 spiro atoms. The van der Waals surface area contributed by atoms with Crippen LogP contribution in [0.2, 0.25) is 5.15 Å². The van der Waals surface area contributed by atoms with E-state index in [4.69, 9.17) is 27.2 Å². The van der Waals surface area contributed by atoms with Crippen molar-refractivity contribution in [2.75, 3.05) is 5.73 Å². The highest BCUT2D eigenvalue weighted by molar-refractivity contribution is 7.27. The van der Waals surface area contributed by atoms with Crippen LogP contribution in [0.25, 0.3) is 38.2 Å². The van der Waals surface area contributed by atoms with E-state index in [1.165, 1.54) is 23.7 Å². The van der Waals surface area contributed by atoms with Crippen molar-refractivity contribution in [3.63, 3.8) is 0 Å². The molecule has 0 bridgehead atoms. The van der Waals surface area contributed by atoms with E-state index >= 15 is 4.39 Å². The molecule has 1 aliphatic carbocycles. The van der Waals surface area contributed by atoms with Gasteiger partial charge in [-0.3, -0.25) is 9.20 Å². The third kappa shape index (κ3) is 4.87. The van der Waals surface area contributed by atoms with Crippen LogP contribution in [0.3, 0.4) is 0 Å². The molecular formula is C31H27ClFN6O2PS. The number of fused-ring (bicyclic) bond motifs is 2. The van der Waals surface area contributed by atoms with Crippen molar-refractivity contribution in [2.24, 2.45) is 5.92 Å². The lowest BCUT2D eigenvalue weighted by molar-refractivity contribution is 0.231. The topological polar surface area (TPSA) is 100 Å². The van der Waals surface area contributed by atoms with Crippen molar-refractivity contribution in [2.45, 2.75) is 38.8 Å². The number of thiazole rings is 1. The van der Waals surface area contributed by atoms with Gasteiger partial charge in [0.15, 0.2) is 17.2 Å². The van der Waals surface area contributed by atoms with Crippen molar-refractivity contribution >= 4 is 59.2 Å². The number of nitrogen functional groups attached to an aromatic ring is 1. The van der Waals surface area contributed by atoms with Gasteiger partial charge in [0.1, 0.15) is 27.8 Å². The zero-order valence-electron chi connectivity index (χ0n) is 23.3. The second-order valence-electron chi connectivity index (χ2n) is 11.0. The van der Waals surface area contributed by atoms with Gasteiger partial charge in [-0.15, -0.1) is 20.6 Å². The van der Waals surface area contributed by atoms with Crippen molar-refractivity contribution in [3.8, 4) is 28.1 Å². The average Bonchev–Trinajstić information content (AvgIpc) is 3.62. The van der Waals surface area contributed by atoms with Crippen LogP contribution in [-0.4, -0.2) is 30.3 Å². The summed E-state index contributed by atoms with van der Waals surface area (Å²) < 4.78 is 24.2. The van der Waals surface area contributed by atoms with Gasteiger partial charge in [0, 0.05) is 10.9 Å². The van der Waals surface area contributed by atoms with E-state index in [1.54, 1.807) is 21.9 Å². The molecule has 43 heavy (non-hydrogen) atoms. The summed E-state index contributed by atoms with van der Waals surface area (Å²) >= 11 is 7.90. The summed E-state index contributed by atoms with van der Waals surface area (Å²) in [6.45, 7) is 3.69. The van der Waals surface area contributed by atoms with Gasteiger partial charge in [-0.1, -0.05) is 29.8 Å². The lowest BCUT2D eigenvalue weighted by Crippen LogP contribution is -2.23. The Kier molecular flexibility index (Phi) is 6.95. The second-order valence-corrected chi connectivity index (χ2v) is 12.9.